The van der Waals surface area contributed by atoms with Crippen LogP contribution in [-0.2, 0) is 7.05 Å². The van der Waals surface area contributed by atoms with Gasteiger partial charge in [0.25, 0.3) is 0 Å². The average Bonchev–Trinajstić information content (AvgIpc) is 2.86. The Balaban J connectivity index is 2.23. The third kappa shape index (κ3) is 1.96. The number of hydrogen-bond donors (Lipinski definition) is 1. The number of rotatable bonds is 4. The third-order valence-corrected chi connectivity index (χ3v) is 2.40. The Kier molecular flexibility index (Phi) is 3.00. The Morgan fingerprint density at radius 2 is 2.38 bits per heavy atom. The lowest BCUT2D eigenvalue weighted by atomic mass is 10.2. The van der Waals surface area contributed by atoms with E-state index in [-0.39, 0.29) is 6.04 Å². The van der Waals surface area contributed by atoms with Crippen LogP contribution in [0.15, 0.2) is 17.0 Å². The number of nitrogens with two attached hydrogens (primary N) is 1. The van der Waals surface area contributed by atoms with Gasteiger partial charge in [-0.3, -0.25) is 0 Å². The Bertz CT molecular complexity index is 461. The zero-order valence-electron chi connectivity index (χ0n) is 9.42. The van der Waals surface area contributed by atoms with E-state index in [1.165, 1.54) is 0 Å². The van der Waals surface area contributed by atoms with Crippen LogP contribution in [0, 0.1) is 0 Å². The van der Waals surface area contributed by atoms with Gasteiger partial charge >= 0.3 is 0 Å². The molecule has 0 bridgehead atoms. The fourth-order valence-electron chi connectivity index (χ4n) is 1.50. The number of hydrogen-bond acceptors (Lipinski definition) is 5. The molecule has 6 heteroatoms. The van der Waals surface area contributed by atoms with Gasteiger partial charge in [-0.2, -0.15) is 4.98 Å². The molecule has 0 spiro atoms. The quantitative estimate of drug-likeness (QED) is 0.840. The van der Waals surface area contributed by atoms with Crippen molar-refractivity contribution in [3.05, 3.63) is 18.4 Å². The molecule has 0 fully saturated rings. The van der Waals surface area contributed by atoms with Crippen molar-refractivity contribution in [1.29, 1.82) is 0 Å². The molecular formula is C10H15N5O. The molecule has 0 saturated carbocycles. The van der Waals surface area contributed by atoms with Gasteiger partial charge in [-0.15, -0.1) is 0 Å². The summed E-state index contributed by atoms with van der Waals surface area (Å²) in [6, 6.07) is -0.181. The van der Waals surface area contributed by atoms with Crippen LogP contribution in [0.2, 0.25) is 0 Å². The number of aromatic nitrogens is 4. The highest BCUT2D eigenvalue weighted by Crippen LogP contribution is 2.18. The summed E-state index contributed by atoms with van der Waals surface area (Å²) in [5.41, 5.74) is 6.71. The lowest BCUT2D eigenvalue weighted by Crippen LogP contribution is -2.09. The maximum absolute atomic E-state index is 5.89. The maximum Gasteiger partial charge on any atom is 0.243 e. The molecule has 0 aliphatic rings. The van der Waals surface area contributed by atoms with Gasteiger partial charge in [0.05, 0.1) is 18.6 Å². The van der Waals surface area contributed by atoms with Crippen molar-refractivity contribution in [2.75, 3.05) is 0 Å². The third-order valence-electron chi connectivity index (χ3n) is 2.40. The first kappa shape index (κ1) is 10.8. The molecule has 6 nitrogen and oxygen atoms in total. The van der Waals surface area contributed by atoms with Gasteiger partial charge in [0, 0.05) is 7.05 Å². The van der Waals surface area contributed by atoms with Gasteiger partial charge < -0.3 is 14.8 Å². The summed E-state index contributed by atoms with van der Waals surface area (Å²) < 4.78 is 6.96. The summed E-state index contributed by atoms with van der Waals surface area (Å²) in [4.78, 5) is 8.27. The van der Waals surface area contributed by atoms with E-state index < -0.39 is 0 Å². The minimum absolute atomic E-state index is 0.181. The molecular weight excluding hydrogens is 206 g/mol. The van der Waals surface area contributed by atoms with E-state index in [4.69, 9.17) is 10.3 Å². The first-order valence-corrected chi connectivity index (χ1v) is 5.28. The smallest absolute Gasteiger partial charge is 0.243 e. The zero-order valence-corrected chi connectivity index (χ0v) is 9.42. The highest BCUT2D eigenvalue weighted by Gasteiger charge is 2.16. The van der Waals surface area contributed by atoms with Gasteiger partial charge in [0.1, 0.15) is 5.69 Å². The summed E-state index contributed by atoms with van der Waals surface area (Å²) in [7, 11) is 1.88. The lowest BCUT2D eigenvalue weighted by Gasteiger charge is -2.02. The molecule has 0 aromatic carbocycles. The first-order chi connectivity index (χ1) is 7.72. The average molecular weight is 221 g/mol. The van der Waals surface area contributed by atoms with E-state index in [0.29, 0.717) is 11.7 Å². The van der Waals surface area contributed by atoms with Crippen molar-refractivity contribution in [2.24, 2.45) is 12.8 Å². The maximum atomic E-state index is 5.89. The number of imidazole rings is 1. The van der Waals surface area contributed by atoms with Gasteiger partial charge in [0.2, 0.25) is 11.7 Å². The van der Waals surface area contributed by atoms with Gasteiger partial charge in [-0.05, 0) is 6.42 Å². The lowest BCUT2D eigenvalue weighted by molar-refractivity contribution is 0.348. The highest BCUT2D eigenvalue weighted by molar-refractivity contribution is 5.47. The molecule has 0 amide bonds. The second-order valence-corrected chi connectivity index (χ2v) is 3.74. The van der Waals surface area contributed by atoms with E-state index in [1.807, 2.05) is 11.6 Å². The normalized spacial score (nSPS) is 12.9. The van der Waals surface area contributed by atoms with Crippen LogP contribution in [0.25, 0.3) is 11.5 Å². The fourth-order valence-corrected chi connectivity index (χ4v) is 1.50. The van der Waals surface area contributed by atoms with Crippen LogP contribution in [-0.4, -0.2) is 19.7 Å². The molecule has 0 aliphatic carbocycles. The summed E-state index contributed by atoms with van der Waals surface area (Å²) in [6.07, 6.45) is 5.22. The first-order valence-electron chi connectivity index (χ1n) is 5.28. The number of nitrogens with zero attached hydrogens (tertiary/aromatic N) is 4. The molecule has 2 N–H and O–H groups in total. The molecule has 0 radical (unpaired) electrons. The molecule has 16 heavy (non-hydrogen) atoms. The molecule has 2 heterocycles. The Hall–Kier alpha value is -1.69. The second kappa shape index (κ2) is 4.44. The van der Waals surface area contributed by atoms with Crippen LogP contribution < -0.4 is 5.73 Å². The molecule has 1 unspecified atom stereocenters. The summed E-state index contributed by atoms with van der Waals surface area (Å²) in [6.45, 7) is 2.07. The molecule has 2 aromatic rings. The second-order valence-electron chi connectivity index (χ2n) is 3.74. The van der Waals surface area contributed by atoms with Crippen LogP contribution in [0.5, 0.6) is 0 Å². The van der Waals surface area contributed by atoms with E-state index in [9.17, 15) is 0 Å². The van der Waals surface area contributed by atoms with E-state index in [1.54, 1.807) is 12.5 Å². The van der Waals surface area contributed by atoms with E-state index in [2.05, 4.69) is 22.0 Å². The Labute approximate surface area is 93.5 Å². The van der Waals surface area contributed by atoms with Crippen molar-refractivity contribution in [2.45, 2.75) is 25.8 Å². The summed E-state index contributed by atoms with van der Waals surface area (Å²) >= 11 is 0. The van der Waals surface area contributed by atoms with Crippen molar-refractivity contribution in [3.8, 4) is 11.5 Å². The van der Waals surface area contributed by atoms with E-state index in [0.717, 1.165) is 18.5 Å². The fraction of sp³-hybridized carbons (Fsp3) is 0.500. The standard InChI is InChI=1S/C10H15N5O/c1-3-4-7(11)10-13-9(14-16-10)8-5-12-6-15(8)2/h5-7H,3-4,11H2,1-2H3. The minimum atomic E-state index is -0.181. The zero-order chi connectivity index (χ0) is 11.5. The molecule has 86 valence electrons. The van der Waals surface area contributed by atoms with Crippen molar-refractivity contribution in [1.82, 2.24) is 19.7 Å². The Morgan fingerprint density at radius 1 is 1.56 bits per heavy atom. The van der Waals surface area contributed by atoms with Crippen molar-refractivity contribution < 1.29 is 4.52 Å². The van der Waals surface area contributed by atoms with Crippen LogP contribution in [0.4, 0.5) is 0 Å². The van der Waals surface area contributed by atoms with Crippen LogP contribution in [0.1, 0.15) is 31.7 Å². The molecule has 2 rings (SSSR count). The monoisotopic (exact) mass is 221 g/mol. The van der Waals surface area contributed by atoms with E-state index >= 15 is 0 Å². The topological polar surface area (TPSA) is 82.8 Å². The largest absolute Gasteiger partial charge is 0.337 e. The molecule has 0 saturated heterocycles. The predicted molar refractivity (Wildman–Crippen MR) is 58.3 cm³/mol. The SMILES string of the molecule is CCCC(N)c1nc(-c2cncn2C)no1. The molecule has 1 atom stereocenters. The van der Waals surface area contributed by atoms with Crippen LogP contribution in [0.3, 0.4) is 0 Å². The highest BCUT2D eigenvalue weighted by atomic mass is 16.5. The van der Waals surface area contributed by atoms with Gasteiger partial charge in [0.15, 0.2) is 0 Å². The molecule has 2 aromatic heterocycles. The summed E-state index contributed by atoms with van der Waals surface area (Å²) in [5, 5.41) is 3.90. The van der Waals surface area contributed by atoms with Crippen molar-refractivity contribution >= 4 is 0 Å². The summed E-state index contributed by atoms with van der Waals surface area (Å²) in [5.74, 6) is 1.01. The number of aryl methyl sites for hydroxylation is 1. The van der Waals surface area contributed by atoms with Crippen molar-refractivity contribution in [3.63, 3.8) is 0 Å². The Morgan fingerprint density at radius 3 is 3.00 bits per heavy atom. The van der Waals surface area contributed by atoms with Crippen LogP contribution >= 0.6 is 0 Å². The van der Waals surface area contributed by atoms with Gasteiger partial charge in [-0.1, -0.05) is 18.5 Å². The minimum Gasteiger partial charge on any atom is -0.337 e. The van der Waals surface area contributed by atoms with Gasteiger partial charge in [-0.25, -0.2) is 4.98 Å². The predicted octanol–water partition coefficient (Wildman–Crippen LogP) is 1.27. The molecule has 0 aliphatic heterocycles.